The number of sulfone groups is 1. The number of benzene rings is 2. The first kappa shape index (κ1) is 32.7. The maximum Gasteiger partial charge on any atom is 0.355 e. The number of nitrogens with zero attached hydrogens (tertiary/aromatic N) is 5. The van der Waals surface area contributed by atoms with Crippen LogP contribution in [0.15, 0.2) is 64.8 Å². The van der Waals surface area contributed by atoms with E-state index in [4.69, 9.17) is 0 Å². The SMILES string of the molecule is C=CC(=O)N1CCN(c2nc(=O)n(-c3c(C(C)C)cccc3S(=O)(=O)C(C)C)c3nc(-c4c(O)cccc4F)c(F)cc23)[C@@H](C)C1. The zero-order chi connectivity index (χ0) is 33.7. The molecular weight excluding hydrogens is 616 g/mol. The summed E-state index contributed by atoms with van der Waals surface area (Å²) in [6.07, 6.45) is 1.21. The second-order valence-electron chi connectivity index (χ2n) is 11.9. The average Bonchev–Trinajstić information content (AvgIpc) is 3.00. The topological polar surface area (TPSA) is 126 Å². The number of rotatable bonds is 7. The molecule has 0 unspecified atom stereocenters. The van der Waals surface area contributed by atoms with Crippen LogP contribution in [0.2, 0.25) is 0 Å². The molecule has 1 aliphatic rings. The number of halogens is 2. The van der Waals surface area contributed by atoms with E-state index < -0.39 is 49.4 Å². The molecule has 3 heterocycles. The van der Waals surface area contributed by atoms with Gasteiger partial charge in [-0.25, -0.2) is 31.5 Å². The summed E-state index contributed by atoms with van der Waals surface area (Å²) >= 11 is 0. The number of anilines is 1. The number of pyridine rings is 1. The first-order valence-corrected chi connectivity index (χ1v) is 16.4. The molecule has 0 radical (unpaired) electrons. The van der Waals surface area contributed by atoms with Crippen LogP contribution in [0, 0.1) is 11.6 Å². The summed E-state index contributed by atoms with van der Waals surface area (Å²) in [5.74, 6) is -2.98. The lowest BCUT2D eigenvalue weighted by Gasteiger charge is -2.40. The van der Waals surface area contributed by atoms with Crippen LogP contribution in [0.3, 0.4) is 0 Å². The summed E-state index contributed by atoms with van der Waals surface area (Å²) in [6, 6.07) is 8.84. The summed E-state index contributed by atoms with van der Waals surface area (Å²) in [7, 11) is -3.98. The van der Waals surface area contributed by atoms with Crippen LogP contribution in [0.4, 0.5) is 14.6 Å². The number of phenols is 1. The lowest BCUT2D eigenvalue weighted by atomic mass is 10.0. The smallest absolute Gasteiger partial charge is 0.355 e. The number of carbonyl (C=O) groups is 1. The Morgan fingerprint density at radius 1 is 1.07 bits per heavy atom. The molecule has 1 N–H and O–H groups in total. The standard InChI is InChI=1S/C33H35F2N5O5S/c1-7-27(42)38-14-15-39(20(6)17-38)31-22-16-24(35)29(28-23(34)11-9-12-25(28)41)36-32(22)40(33(43)37-31)30-21(18(2)3)10-8-13-26(30)46(44,45)19(4)5/h7-13,16,18-20,41H,1,14-15,17H2,2-6H3/t20-/m0/s1. The lowest BCUT2D eigenvalue weighted by Crippen LogP contribution is -2.54. The van der Waals surface area contributed by atoms with Gasteiger partial charge in [-0.05, 0) is 62.6 Å². The van der Waals surface area contributed by atoms with Crippen LogP contribution < -0.4 is 10.6 Å². The first-order chi connectivity index (χ1) is 21.7. The van der Waals surface area contributed by atoms with Gasteiger partial charge < -0.3 is 14.9 Å². The van der Waals surface area contributed by atoms with Crippen LogP contribution >= 0.6 is 0 Å². The number of aromatic nitrogens is 3. The molecule has 1 saturated heterocycles. The number of hydrogen-bond donors (Lipinski definition) is 1. The van der Waals surface area contributed by atoms with Gasteiger partial charge in [0, 0.05) is 25.7 Å². The Bertz CT molecular complexity index is 2020. The number of piperazine rings is 1. The van der Waals surface area contributed by atoms with Crippen molar-refractivity contribution in [3.63, 3.8) is 0 Å². The van der Waals surface area contributed by atoms with E-state index in [0.717, 1.165) is 16.7 Å². The molecular formula is C33H35F2N5O5S. The highest BCUT2D eigenvalue weighted by Crippen LogP contribution is 2.38. The molecule has 1 fully saturated rings. The largest absolute Gasteiger partial charge is 0.507 e. The normalized spacial score (nSPS) is 15.6. The molecule has 46 heavy (non-hydrogen) atoms. The van der Waals surface area contributed by atoms with Crippen LogP contribution in [0.1, 0.15) is 46.1 Å². The highest BCUT2D eigenvalue weighted by Gasteiger charge is 2.33. The van der Waals surface area contributed by atoms with Gasteiger partial charge in [-0.3, -0.25) is 4.79 Å². The van der Waals surface area contributed by atoms with Crippen LogP contribution in [0.5, 0.6) is 5.75 Å². The number of amides is 1. The van der Waals surface area contributed by atoms with Gasteiger partial charge in [-0.1, -0.05) is 38.6 Å². The molecule has 0 bridgehead atoms. The molecule has 2 aromatic carbocycles. The molecule has 10 nitrogen and oxygen atoms in total. The number of carbonyl (C=O) groups excluding carboxylic acids is 1. The predicted octanol–water partition coefficient (Wildman–Crippen LogP) is 4.96. The number of para-hydroxylation sites is 1. The van der Waals surface area contributed by atoms with Crippen LogP contribution in [-0.2, 0) is 14.6 Å². The van der Waals surface area contributed by atoms with E-state index in [1.807, 2.05) is 20.8 Å². The van der Waals surface area contributed by atoms with Crippen molar-refractivity contribution in [2.75, 3.05) is 24.5 Å². The van der Waals surface area contributed by atoms with Crippen molar-refractivity contribution in [3.8, 4) is 22.7 Å². The summed E-state index contributed by atoms with van der Waals surface area (Å²) in [5.41, 5.74) is -1.66. The molecule has 0 saturated carbocycles. The minimum atomic E-state index is -3.98. The Morgan fingerprint density at radius 2 is 1.76 bits per heavy atom. The van der Waals surface area contributed by atoms with Crippen molar-refractivity contribution in [2.45, 2.75) is 56.7 Å². The molecule has 2 aromatic heterocycles. The van der Waals surface area contributed by atoms with Crippen LogP contribution in [0.25, 0.3) is 28.0 Å². The van der Waals surface area contributed by atoms with Crippen molar-refractivity contribution in [2.24, 2.45) is 0 Å². The Kier molecular flexibility index (Phi) is 8.73. The van der Waals surface area contributed by atoms with E-state index >= 15 is 8.78 Å². The number of fused-ring (bicyclic) bond motifs is 1. The van der Waals surface area contributed by atoms with Crippen molar-refractivity contribution in [1.29, 1.82) is 0 Å². The minimum Gasteiger partial charge on any atom is -0.507 e. The fourth-order valence-corrected chi connectivity index (χ4v) is 7.03. The van der Waals surface area contributed by atoms with Crippen LogP contribution in [-0.4, -0.2) is 69.8 Å². The summed E-state index contributed by atoms with van der Waals surface area (Å²) in [6.45, 7) is 12.8. The van der Waals surface area contributed by atoms with E-state index in [1.165, 1.54) is 38.1 Å². The van der Waals surface area contributed by atoms with Crippen molar-refractivity contribution >= 4 is 32.6 Å². The Hall–Kier alpha value is -4.65. The Balaban J connectivity index is 1.91. The molecule has 1 atom stereocenters. The molecule has 4 aromatic rings. The second-order valence-corrected chi connectivity index (χ2v) is 14.3. The predicted molar refractivity (Wildman–Crippen MR) is 172 cm³/mol. The first-order valence-electron chi connectivity index (χ1n) is 14.8. The fraction of sp³-hybridized carbons (Fsp3) is 0.333. The summed E-state index contributed by atoms with van der Waals surface area (Å²) < 4.78 is 59.5. The van der Waals surface area contributed by atoms with E-state index in [2.05, 4.69) is 16.5 Å². The molecule has 0 aliphatic carbocycles. The summed E-state index contributed by atoms with van der Waals surface area (Å²) in [5, 5.41) is 9.74. The third-order valence-electron chi connectivity index (χ3n) is 8.22. The van der Waals surface area contributed by atoms with E-state index in [1.54, 1.807) is 21.9 Å². The van der Waals surface area contributed by atoms with Gasteiger partial charge in [0.1, 0.15) is 23.1 Å². The lowest BCUT2D eigenvalue weighted by molar-refractivity contribution is -0.126. The van der Waals surface area contributed by atoms with Gasteiger partial charge in [0.2, 0.25) is 5.91 Å². The molecule has 13 heteroatoms. The third-order valence-corrected chi connectivity index (χ3v) is 10.4. The average molecular weight is 652 g/mol. The van der Waals surface area contributed by atoms with Gasteiger partial charge in [0.15, 0.2) is 21.3 Å². The van der Waals surface area contributed by atoms with Gasteiger partial charge in [0.25, 0.3) is 0 Å². The van der Waals surface area contributed by atoms with E-state index in [0.29, 0.717) is 5.56 Å². The van der Waals surface area contributed by atoms with E-state index in [9.17, 15) is 23.1 Å². The Labute approximate surface area is 265 Å². The highest BCUT2D eigenvalue weighted by atomic mass is 32.2. The second kappa shape index (κ2) is 12.3. The Morgan fingerprint density at radius 3 is 2.37 bits per heavy atom. The third kappa shape index (κ3) is 5.52. The molecule has 242 valence electrons. The van der Waals surface area contributed by atoms with Crippen molar-refractivity contribution in [1.82, 2.24) is 19.4 Å². The molecule has 1 aliphatic heterocycles. The van der Waals surface area contributed by atoms with Gasteiger partial charge in [-0.15, -0.1) is 0 Å². The molecule has 0 spiro atoms. The molecule has 1 amide bonds. The van der Waals surface area contributed by atoms with Crippen molar-refractivity contribution in [3.05, 3.63) is 82.8 Å². The van der Waals surface area contributed by atoms with Gasteiger partial charge in [-0.2, -0.15) is 4.98 Å². The molecule has 5 rings (SSSR count). The summed E-state index contributed by atoms with van der Waals surface area (Å²) in [4.78, 5) is 38.6. The number of hydrogen-bond acceptors (Lipinski definition) is 8. The van der Waals surface area contributed by atoms with Gasteiger partial charge in [0.05, 0.1) is 26.8 Å². The maximum atomic E-state index is 16.0. The zero-order valence-corrected chi connectivity index (χ0v) is 27.0. The van der Waals surface area contributed by atoms with E-state index in [-0.39, 0.29) is 64.9 Å². The minimum absolute atomic E-state index is 0.0116. The highest BCUT2D eigenvalue weighted by molar-refractivity contribution is 7.92. The monoisotopic (exact) mass is 651 g/mol. The number of phenolic OH excluding ortho intramolecular Hbond substituents is 1. The zero-order valence-electron chi connectivity index (χ0n) is 26.2. The maximum absolute atomic E-state index is 16.0. The fourth-order valence-electron chi connectivity index (χ4n) is 5.78. The number of aromatic hydroxyl groups is 1. The van der Waals surface area contributed by atoms with Gasteiger partial charge >= 0.3 is 5.69 Å². The van der Waals surface area contributed by atoms with Crippen molar-refractivity contribution < 1.29 is 27.1 Å². The quantitative estimate of drug-likeness (QED) is 0.278.